The van der Waals surface area contributed by atoms with Gasteiger partial charge in [-0.25, -0.2) is 0 Å². The fourth-order valence-electron chi connectivity index (χ4n) is 2.17. The fraction of sp³-hybridized carbons (Fsp3) is 0.333. The summed E-state index contributed by atoms with van der Waals surface area (Å²) in [7, 11) is 0. The predicted octanol–water partition coefficient (Wildman–Crippen LogP) is 2.68. The van der Waals surface area contributed by atoms with Crippen molar-refractivity contribution in [3.8, 4) is 0 Å². The van der Waals surface area contributed by atoms with E-state index in [0.717, 1.165) is 5.56 Å². The van der Waals surface area contributed by atoms with Gasteiger partial charge in [-0.3, -0.25) is 9.59 Å². The van der Waals surface area contributed by atoms with Crippen LogP contribution in [0.2, 0.25) is 5.02 Å². The Bertz CT molecular complexity index is 553. The molecule has 0 spiro atoms. The lowest BCUT2D eigenvalue weighted by Gasteiger charge is -2.18. The highest BCUT2D eigenvalue weighted by atomic mass is 35.5. The zero-order valence-corrected chi connectivity index (χ0v) is 11.9. The largest absolute Gasteiger partial charge is 0.481 e. The number of amides is 1. The first-order valence-corrected chi connectivity index (χ1v) is 6.74. The molecule has 1 unspecified atom stereocenters. The molecule has 0 saturated carbocycles. The summed E-state index contributed by atoms with van der Waals surface area (Å²) in [5.41, 5.74) is 0.0481. The molecule has 4 nitrogen and oxygen atoms in total. The second-order valence-corrected chi connectivity index (χ2v) is 5.70. The third kappa shape index (κ3) is 3.20. The molecule has 20 heavy (non-hydrogen) atoms. The smallest absolute Gasteiger partial charge is 0.311 e. The van der Waals surface area contributed by atoms with E-state index in [-0.39, 0.29) is 12.5 Å². The zero-order valence-electron chi connectivity index (χ0n) is 11.2. The molecule has 1 N–H and O–H groups in total. The SMILES string of the molecule is CC1(C(=O)O)CCN(C(=O)C=Cc2ccc(Cl)cc2)C1. The molecule has 1 fully saturated rings. The average molecular weight is 294 g/mol. The van der Waals surface area contributed by atoms with Crippen LogP contribution in [-0.2, 0) is 9.59 Å². The first-order valence-electron chi connectivity index (χ1n) is 6.37. The van der Waals surface area contributed by atoms with Crippen LogP contribution in [0.1, 0.15) is 18.9 Å². The summed E-state index contributed by atoms with van der Waals surface area (Å²) in [6.45, 7) is 2.41. The second kappa shape index (κ2) is 5.67. The minimum Gasteiger partial charge on any atom is -0.481 e. The van der Waals surface area contributed by atoms with Crippen molar-refractivity contribution in [3.05, 3.63) is 40.9 Å². The van der Waals surface area contributed by atoms with Crippen molar-refractivity contribution < 1.29 is 14.7 Å². The minimum absolute atomic E-state index is 0.162. The van der Waals surface area contributed by atoms with Crippen molar-refractivity contribution in [1.29, 1.82) is 0 Å². The van der Waals surface area contributed by atoms with Crippen molar-refractivity contribution >= 4 is 29.6 Å². The molecule has 0 radical (unpaired) electrons. The summed E-state index contributed by atoms with van der Waals surface area (Å²) in [6, 6.07) is 7.14. The summed E-state index contributed by atoms with van der Waals surface area (Å²) < 4.78 is 0. The first-order chi connectivity index (χ1) is 9.40. The molecule has 1 saturated heterocycles. The van der Waals surface area contributed by atoms with Crippen molar-refractivity contribution in [3.63, 3.8) is 0 Å². The molecule has 1 aromatic carbocycles. The molecule has 0 aliphatic carbocycles. The van der Waals surface area contributed by atoms with Gasteiger partial charge < -0.3 is 10.0 Å². The van der Waals surface area contributed by atoms with Gasteiger partial charge in [-0.05, 0) is 37.1 Å². The lowest BCUT2D eigenvalue weighted by atomic mass is 9.90. The van der Waals surface area contributed by atoms with Gasteiger partial charge in [-0.2, -0.15) is 0 Å². The first kappa shape index (κ1) is 14.6. The number of hydrogen-bond acceptors (Lipinski definition) is 2. The molecular weight excluding hydrogens is 278 g/mol. The van der Waals surface area contributed by atoms with Gasteiger partial charge in [-0.15, -0.1) is 0 Å². The van der Waals surface area contributed by atoms with Gasteiger partial charge in [0, 0.05) is 24.2 Å². The highest BCUT2D eigenvalue weighted by molar-refractivity contribution is 6.30. The molecule has 1 heterocycles. The van der Waals surface area contributed by atoms with Crippen LogP contribution in [0, 0.1) is 5.41 Å². The number of carboxylic acids is 1. The van der Waals surface area contributed by atoms with Crippen LogP contribution in [0.15, 0.2) is 30.3 Å². The molecule has 1 aromatic rings. The summed E-state index contributed by atoms with van der Waals surface area (Å²) in [5, 5.41) is 9.78. The molecule has 0 aromatic heterocycles. The van der Waals surface area contributed by atoms with Gasteiger partial charge in [0.2, 0.25) is 5.91 Å². The quantitative estimate of drug-likeness (QED) is 0.872. The lowest BCUT2D eigenvalue weighted by Crippen LogP contribution is -2.34. The van der Waals surface area contributed by atoms with E-state index in [2.05, 4.69) is 0 Å². The van der Waals surface area contributed by atoms with Gasteiger partial charge in [0.05, 0.1) is 5.41 Å². The average Bonchev–Trinajstić information content (AvgIpc) is 2.82. The Morgan fingerprint density at radius 1 is 1.35 bits per heavy atom. The van der Waals surface area contributed by atoms with E-state index in [4.69, 9.17) is 16.7 Å². The summed E-state index contributed by atoms with van der Waals surface area (Å²) in [5.74, 6) is -1.01. The van der Waals surface area contributed by atoms with Gasteiger partial charge in [0.1, 0.15) is 0 Å². The number of likely N-dealkylation sites (tertiary alicyclic amines) is 1. The normalized spacial score (nSPS) is 22.4. The van der Waals surface area contributed by atoms with E-state index in [1.165, 1.54) is 6.08 Å². The Hall–Kier alpha value is -1.81. The molecule has 106 valence electrons. The van der Waals surface area contributed by atoms with Crippen molar-refractivity contribution in [2.24, 2.45) is 5.41 Å². The van der Waals surface area contributed by atoms with Crippen LogP contribution in [0.5, 0.6) is 0 Å². The van der Waals surface area contributed by atoms with E-state index in [1.54, 1.807) is 30.0 Å². The molecule has 5 heteroatoms. The van der Waals surface area contributed by atoms with E-state index in [1.807, 2.05) is 12.1 Å². The summed E-state index contributed by atoms with van der Waals surface area (Å²) in [4.78, 5) is 24.7. The monoisotopic (exact) mass is 293 g/mol. The second-order valence-electron chi connectivity index (χ2n) is 5.26. The third-order valence-corrected chi connectivity index (χ3v) is 3.84. The van der Waals surface area contributed by atoms with Crippen LogP contribution < -0.4 is 0 Å². The highest BCUT2D eigenvalue weighted by Crippen LogP contribution is 2.30. The predicted molar refractivity (Wildman–Crippen MR) is 77.4 cm³/mol. The Morgan fingerprint density at radius 3 is 2.55 bits per heavy atom. The number of hydrogen-bond donors (Lipinski definition) is 1. The Balaban J connectivity index is 1.99. The molecule has 1 aliphatic heterocycles. The van der Waals surface area contributed by atoms with Crippen LogP contribution >= 0.6 is 11.6 Å². The van der Waals surface area contributed by atoms with Crippen LogP contribution in [-0.4, -0.2) is 35.0 Å². The minimum atomic E-state index is -0.852. The van der Waals surface area contributed by atoms with Gasteiger partial charge in [0.15, 0.2) is 0 Å². The number of benzene rings is 1. The number of carbonyl (C=O) groups is 2. The number of carboxylic acid groups (broad SMARTS) is 1. The highest BCUT2D eigenvalue weighted by Gasteiger charge is 2.41. The van der Waals surface area contributed by atoms with E-state index < -0.39 is 11.4 Å². The maximum Gasteiger partial charge on any atom is 0.311 e. The van der Waals surface area contributed by atoms with E-state index in [0.29, 0.717) is 18.0 Å². The van der Waals surface area contributed by atoms with Crippen LogP contribution in [0.25, 0.3) is 6.08 Å². The number of carbonyl (C=O) groups excluding carboxylic acids is 1. The van der Waals surface area contributed by atoms with Crippen molar-refractivity contribution in [1.82, 2.24) is 4.90 Å². The summed E-state index contributed by atoms with van der Waals surface area (Å²) in [6.07, 6.45) is 3.66. The molecule has 2 rings (SSSR count). The van der Waals surface area contributed by atoms with Crippen molar-refractivity contribution in [2.75, 3.05) is 13.1 Å². The Labute approximate surface area is 122 Å². The molecule has 1 aliphatic rings. The fourth-order valence-corrected chi connectivity index (χ4v) is 2.30. The van der Waals surface area contributed by atoms with Gasteiger partial charge in [0.25, 0.3) is 0 Å². The maximum atomic E-state index is 12.0. The molecular formula is C15H16ClNO3. The van der Waals surface area contributed by atoms with Crippen LogP contribution in [0.3, 0.4) is 0 Å². The zero-order chi connectivity index (χ0) is 14.8. The van der Waals surface area contributed by atoms with E-state index in [9.17, 15) is 9.59 Å². The Kier molecular flexibility index (Phi) is 4.14. The van der Waals surface area contributed by atoms with Gasteiger partial charge in [-0.1, -0.05) is 23.7 Å². The molecule has 0 bridgehead atoms. The topological polar surface area (TPSA) is 57.6 Å². The number of nitrogens with zero attached hydrogens (tertiary/aromatic N) is 1. The van der Waals surface area contributed by atoms with E-state index >= 15 is 0 Å². The van der Waals surface area contributed by atoms with Crippen LogP contribution in [0.4, 0.5) is 0 Å². The maximum absolute atomic E-state index is 12.0. The molecule has 1 atom stereocenters. The summed E-state index contributed by atoms with van der Waals surface area (Å²) >= 11 is 5.78. The third-order valence-electron chi connectivity index (χ3n) is 3.59. The lowest BCUT2D eigenvalue weighted by molar-refractivity contribution is -0.147. The molecule has 1 amide bonds. The number of aliphatic carboxylic acids is 1. The number of rotatable bonds is 3. The van der Waals surface area contributed by atoms with Crippen molar-refractivity contribution in [2.45, 2.75) is 13.3 Å². The number of halogens is 1. The van der Waals surface area contributed by atoms with Gasteiger partial charge >= 0.3 is 5.97 Å². The Morgan fingerprint density at radius 2 is 2.00 bits per heavy atom. The standard InChI is InChI=1S/C15H16ClNO3/c1-15(14(19)20)8-9-17(10-15)13(18)7-4-11-2-5-12(16)6-3-11/h2-7H,8-10H2,1H3,(H,19,20).